The summed E-state index contributed by atoms with van der Waals surface area (Å²) in [5.41, 5.74) is -0.809. The number of benzene rings is 1. The molecule has 1 aliphatic carbocycles. The number of carbonyl (C=O) groups is 1. The van der Waals surface area contributed by atoms with Crippen molar-refractivity contribution in [2.75, 3.05) is 6.61 Å². The van der Waals surface area contributed by atoms with Gasteiger partial charge in [-0.2, -0.15) is 0 Å². The van der Waals surface area contributed by atoms with E-state index in [2.05, 4.69) is 0 Å². The van der Waals surface area contributed by atoms with E-state index in [0.29, 0.717) is 30.6 Å². The van der Waals surface area contributed by atoms with Crippen molar-refractivity contribution in [3.63, 3.8) is 0 Å². The predicted molar refractivity (Wildman–Crippen MR) is 129 cm³/mol. The van der Waals surface area contributed by atoms with Crippen LogP contribution in [0.15, 0.2) is 39.1 Å². The fraction of sp³-hybridized carbons (Fsp3) is 0.538. The number of aromatic hydroxyl groups is 1. The average molecular weight is 521 g/mol. The van der Waals surface area contributed by atoms with Crippen LogP contribution >= 0.6 is 0 Å². The molecule has 6 atom stereocenters. The second-order valence-electron chi connectivity index (χ2n) is 10.1. The SMILES string of the molecule is Cc1cc(=O)c2c(O)cc(O[C@@H]3O[C@H](COC(=O)C4=CC[C@@H](C(C)(C)O)CC4)[C@@H](O)[C@H](O)[C@H]3O)cc2o1. The van der Waals surface area contributed by atoms with Gasteiger partial charge in [0, 0.05) is 23.8 Å². The first-order valence-electron chi connectivity index (χ1n) is 12.1. The molecule has 2 aliphatic rings. The van der Waals surface area contributed by atoms with E-state index in [0.717, 1.165) is 6.07 Å². The minimum atomic E-state index is -1.68. The summed E-state index contributed by atoms with van der Waals surface area (Å²) >= 11 is 0. The van der Waals surface area contributed by atoms with Gasteiger partial charge >= 0.3 is 5.97 Å². The predicted octanol–water partition coefficient (Wildman–Crippen LogP) is 1.03. The Labute approximate surface area is 212 Å². The topological polar surface area (TPSA) is 176 Å². The molecule has 0 spiro atoms. The number of aliphatic hydroxyl groups is 4. The molecule has 11 heteroatoms. The van der Waals surface area contributed by atoms with Gasteiger partial charge in [0.15, 0.2) is 5.43 Å². The number of phenols is 1. The van der Waals surface area contributed by atoms with Crippen molar-refractivity contribution in [2.24, 2.45) is 5.92 Å². The highest BCUT2D eigenvalue weighted by Gasteiger charge is 2.45. The number of aryl methyl sites for hydroxylation is 1. The van der Waals surface area contributed by atoms with E-state index in [1.54, 1.807) is 26.8 Å². The maximum atomic E-state index is 12.5. The van der Waals surface area contributed by atoms with Crippen LogP contribution in [0.5, 0.6) is 11.5 Å². The van der Waals surface area contributed by atoms with Gasteiger partial charge in [-0.15, -0.1) is 0 Å². The zero-order valence-corrected chi connectivity index (χ0v) is 20.8. The van der Waals surface area contributed by atoms with Crippen LogP contribution in [-0.4, -0.2) is 74.4 Å². The third-order valence-corrected chi connectivity index (χ3v) is 6.88. The maximum Gasteiger partial charge on any atom is 0.333 e. The molecular formula is C26H32O11. The van der Waals surface area contributed by atoms with Gasteiger partial charge in [-0.3, -0.25) is 4.79 Å². The quantitative estimate of drug-likeness (QED) is 0.344. The molecule has 2 aromatic rings. The van der Waals surface area contributed by atoms with Crippen LogP contribution in [0.3, 0.4) is 0 Å². The average Bonchev–Trinajstić information content (AvgIpc) is 2.82. The highest BCUT2D eigenvalue weighted by atomic mass is 16.7. The fourth-order valence-corrected chi connectivity index (χ4v) is 4.63. The van der Waals surface area contributed by atoms with Gasteiger partial charge in [-0.05, 0) is 46.0 Å². The van der Waals surface area contributed by atoms with Gasteiger partial charge in [-0.25, -0.2) is 4.79 Å². The first-order valence-corrected chi connectivity index (χ1v) is 12.1. The number of aliphatic hydroxyl groups excluding tert-OH is 3. The Hall–Kier alpha value is -2.96. The van der Waals surface area contributed by atoms with Crippen molar-refractivity contribution in [3.05, 3.63) is 45.8 Å². The first-order chi connectivity index (χ1) is 17.3. The van der Waals surface area contributed by atoms with Crippen LogP contribution in [0.4, 0.5) is 0 Å². The van der Waals surface area contributed by atoms with E-state index >= 15 is 0 Å². The summed E-state index contributed by atoms with van der Waals surface area (Å²) in [4.78, 5) is 24.7. The second-order valence-corrected chi connectivity index (χ2v) is 10.1. The van der Waals surface area contributed by atoms with Crippen LogP contribution in [0.25, 0.3) is 11.0 Å². The molecule has 1 aromatic carbocycles. The number of ether oxygens (including phenoxy) is 3. The molecule has 0 radical (unpaired) electrons. The molecule has 1 fully saturated rings. The Morgan fingerprint density at radius 2 is 1.86 bits per heavy atom. The summed E-state index contributed by atoms with van der Waals surface area (Å²) in [7, 11) is 0. The first kappa shape index (κ1) is 27.1. The van der Waals surface area contributed by atoms with Crippen LogP contribution < -0.4 is 10.2 Å². The summed E-state index contributed by atoms with van der Waals surface area (Å²) in [6.45, 7) is 4.60. The number of esters is 1. The smallest absolute Gasteiger partial charge is 0.333 e. The van der Waals surface area contributed by atoms with Crippen molar-refractivity contribution in [1.29, 1.82) is 0 Å². The van der Waals surface area contributed by atoms with Crippen molar-refractivity contribution in [2.45, 2.75) is 76.3 Å². The van der Waals surface area contributed by atoms with Crippen LogP contribution in [0.1, 0.15) is 38.9 Å². The number of rotatable bonds is 6. The van der Waals surface area contributed by atoms with Gasteiger partial charge in [-0.1, -0.05) is 6.08 Å². The normalized spacial score (nSPS) is 28.6. The molecule has 0 saturated carbocycles. The molecule has 11 nitrogen and oxygen atoms in total. The minimum Gasteiger partial charge on any atom is -0.507 e. The minimum absolute atomic E-state index is 0.0218. The van der Waals surface area contributed by atoms with Crippen molar-refractivity contribution in [1.82, 2.24) is 0 Å². The lowest BCUT2D eigenvalue weighted by atomic mass is 9.79. The van der Waals surface area contributed by atoms with E-state index in [9.17, 15) is 35.1 Å². The number of hydrogen-bond acceptors (Lipinski definition) is 11. The zero-order chi connectivity index (χ0) is 27.1. The Kier molecular flexibility index (Phi) is 7.63. The zero-order valence-electron chi connectivity index (χ0n) is 20.8. The largest absolute Gasteiger partial charge is 0.507 e. The van der Waals surface area contributed by atoms with Crippen molar-refractivity contribution >= 4 is 16.9 Å². The fourth-order valence-electron chi connectivity index (χ4n) is 4.63. The summed E-state index contributed by atoms with van der Waals surface area (Å²) in [5, 5.41) is 51.5. The number of hydrogen-bond donors (Lipinski definition) is 5. The molecule has 37 heavy (non-hydrogen) atoms. The molecule has 0 unspecified atom stereocenters. The third kappa shape index (κ3) is 5.81. The lowest BCUT2D eigenvalue weighted by Gasteiger charge is -2.40. The summed E-state index contributed by atoms with van der Waals surface area (Å²) in [6.07, 6.45) is -4.37. The lowest BCUT2D eigenvalue weighted by Crippen LogP contribution is -2.60. The van der Waals surface area contributed by atoms with E-state index in [-0.39, 0.29) is 22.6 Å². The summed E-state index contributed by atoms with van der Waals surface area (Å²) < 4.78 is 22.0. The molecule has 4 rings (SSSR count). The second kappa shape index (κ2) is 10.4. The number of allylic oxidation sites excluding steroid dienone is 1. The monoisotopic (exact) mass is 520 g/mol. The molecule has 5 N–H and O–H groups in total. The number of carbonyl (C=O) groups excluding carboxylic acids is 1. The Morgan fingerprint density at radius 3 is 2.51 bits per heavy atom. The van der Waals surface area contributed by atoms with E-state index in [4.69, 9.17) is 18.6 Å². The lowest BCUT2D eigenvalue weighted by molar-refractivity contribution is -0.278. The summed E-state index contributed by atoms with van der Waals surface area (Å²) in [5.74, 6) is -0.713. The highest BCUT2D eigenvalue weighted by molar-refractivity contribution is 5.88. The molecule has 202 valence electrons. The molecule has 1 aromatic heterocycles. The van der Waals surface area contributed by atoms with E-state index < -0.39 is 60.1 Å². The molecule has 0 amide bonds. The molecule has 1 saturated heterocycles. The Bertz CT molecular complexity index is 1240. The van der Waals surface area contributed by atoms with Gasteiger partial charge in [0.05, 0.1) is 5.60 Å². The van der Waals surface area contributed by atoms with Crippen molar-refractivity contribution in [3.8, 4) is 11.5 Å². The molecule has 2 heterocycles. The van der Waals surface area contributed by atoms with Gasteiger partial charge in [0.25, 0.3) is 0 Å². The van der Waals surface area contributed by atoms with Gasteiger partial charge in [0.1, 0.15) is 59.3 Å². The summed E-state index contributed by atoms with van der Waals surface area (Å²) in [6, 6.07) is 3.69. The maximum absolute atomic E-state index is 12.5. The van der Waals surface area contributed by atoms with Crippen molar-refractivity contribution < 1.29 is 49.0 Å². The van der Waals surface area contributed by atoms with Crippen LogP contribution in [-0.2, 0) is 14.3 Å². The number of phenolic OH excluding ortho intramolecular Hbond substituents is 1. The van der Waals surface area contributed by atoms with Crippen LogP contribution in [0, 0.1) is 12.8 Å². The number of fused-ring (bicyclic) bond motifs is 1. The van der Waals surface area contributed by atoms with Gasteiger partial charge in [0.2, 0.25) is 6.29 Å². The van der Waals surface area contributed by atoms with Crippen LogP contribution in [0.2, 0.25) is 0 Å². The molecule has 1 aliphatic heterocycles. The Morgan fingerprint density at radius 1 is 1.14 bits per heavy atom. The van der Waals surface area contributed by atoms with Gasteiger partial charge < -0.3 is 44.2 Å². The van der Waals surface area contributed by atoms with E-state index in [1.807, 2.05) is 0 Å². The third-order valence-electron chi connectivity index (χ3n) is 6.88. The highest BCUT2D eigenvalue weighted by Crippen LogP contribution is 2.33. The Balaban J connectivity index is 1.44. The van der Waals surface area contributed by atoms with E-state index in [1.165, 1.54) is 12.1 Å². The molecule has 0 bridgehead atoms. The molecular weight excluding hydrogens is 488 g/mol. The standard InChI is InChI=1S/C26H32O11/c1-12-8-16(27)20-17(28)9-15(10-18(20)35-12)36-25-23(31)22(30)21(29)19(37-25)11-34-24(32)13-4-6-14(7-5-13)26(2,3)33/h4,8-10,14,19,21-23,25,28-31,33H,5-7,11H2,1-3H3/t14-,19-,21-,22+,23-,25-/m1/s1.